The van der Waals surface area contributed by atoms with Crippen LogP contribution in [0.3, 0.4) is 0 Å². The zero-order valence-corrected chi connectivity index (χ0v) is 10.7. The van der Waals surface area contributed by atoms with Gasteiger partial charge in [0.2, 0.25) is 0 Å². The summed E-state index contributed by atoms with van der Waals surface area (Å²) in [6, 6.07) is 2.67. The van der Waals surface area contributed by atoms with Gasteiger partial charge in [-0.1, -0.05) is 6.92 Å². The number of aliphatic hydroxyl groups excluding tert-OH is 1. The highest BCUT2D eigenvalue weighted by Gasteiger charge is 2.13. The summed E-state index contributed by atoms with van der Waals surface area (Å²) >= 11 is 0. The lowest BCUT2D eigenvalue weighted by Crippen LogP contribution is -2.36. The second-order valence-corrected chi connectivity index (χ2v) is 3.96. The fourth-order valence-electron chi connectivity index (χ4n) is 1.59. The highest BCUT2D eigenvalue weighted by atomic mass is 16.3. The summed E-state index contributed by atoms with van der Waals surface area (Å²) in [6.07, 6.45) is 1.25. The van der Waals surface area contributed by atoms with Crippen LogP contribution < -0.4 is 10.9 Å². The number of carbonyl (C=O) groups is 1. The van der Waals surface area contributed by atoms with Crippen LogP contribution in [-0.2, 0) is 6.54 Å². The predicted molar refractivity (Wildman–Crippen MR) is 67.4 cm³/mol. The number of hydrogen-bond donors (Lipinski definition) is 2. The van der Waals surface area contributed by atoms with Crippen molar-refractivity contribution in [2.45, 2.75) is 39.3 Å². The summed E-state index contributed by atoms with van der Waals surface area (Å²) in [5, 5.41) is 15.6. The van der Waals surface area contributed by atoms with E-state index in [1.165, 1.54) is 16.8 Å². The van der Waals surface area contributed by atoms with Crippen molar-refractivity contribution in [3.05, 3.63) is 28.2 Å². The summed E-state index contributed by atoms with van der Waals surface area (Å²) in [6.45, 7) is 4.17. The molecular formula is C12H19N3O3. The molecule has 0 aromatic carbocycles. The van der Waals surface area contributed by atoms with Crippen LogP contribution >= 0.6 is 0 Å². The SMILES string of the molecule is CCC(CCO)NC(=O)c1ccc(=O)n(CC)n1. The van der Waals surface area contributed by atoms with Gasteiger partial charge in [-0.25, -0.2) is 4.68 Å². The first-order valence-corrected chi connectivity index (χ1v) is 6.12. The Morgan fingerprint density at radius 1 is 1.50 bits per heavy atom. The summed E-state index contributed by atoms with van der Waals surface area (Å²) < 4.78 is 1.24. The van der Waals surface area contributed by atoms with Crippen LogP contribution in [0.1, 0.15) is 37.2 Å². The number of aromatic nitrogens is 2. The van der Waals surface area contributed by atoms with Crippen LogP contribution in [-0.4, -0.2) is 33.4 Å². The van der Waals surface area contributed by atoms with E-state index in [0.29, 0.717) is 13.0 Å². The van der Waals surface area contributed by atoms with E-state index in [2.05, 4.69) is 10.4 Å². The van der Waals surface area contributed by atoms with Crippen LogP contribution in [0.4, 0.5) is 0 Å². The summed E-state index contributed by atoms with van der Waals surface area (Å²) in [7, 11) is 0. The molecule has 6 nitrogen and oxygen atoms in total. The second kappa shape index (κ2) is 6.90. The fourth-order valence-corrected chi connectivity index (χ4v) is 1.59. The van der Waals surface area contributed by atoms with Gasteiger partial charge < -0.3 is 10.4 Å². The van der Waals surface area contributed by atoms with E-state index in [4.69, 9.17) is 5.11 Å². The lowest BCUT2D eigenvalue weighted by atomic mass is 10.1. The van der Waals surface area contributed by atoms with Crippen LogP contribution in [0.15, 0.2) is 16.9 Å². The van der Waals surface area contributed by atoms with Crippen molar-refractivity contribution in [3.8, 4) is 0 Å². The van der Waals surface area contributed by atoms with Gasteiger partial charge in [0.15, 0.2) is 0 Å². The van der Waals surface area contributed by atoms with Gasteiger partial charge in [0.1, 0.15) is 5.69 Å². The molecule has 0 spiro atoms. The molecule has 0 aliphatic carbocycles. The number of aliphatic hydroxyl groups is 1. The van der Waals surface area contributed by atoms with E-state index >= 15 is 0 Å². The van der Waals surface area contributed by atoms with Gasteiger partial charge in [-0.15, -0.1) is 0 Å². The number of rotatable bonds is 6. The van der Waals surface area contributed by atoms with Crippen molar-refractivity contribution in [1.82, 2.24) is 15.1 Å². The molecule has 1 amide bonds. The van der Waals surface area contributed by atoms with Crippen LogP contribution in [0.2, 0.25) is 0 Å². The molecule has 6 heteroatoms. The molecule has 0 aliphatic rings. The van der Waals surface area contributed by atoms with E-state index in [1.54, 1.807) is 6.92 Å². The molecule has 1 unspecified atom stereocenters. The number of nitrogens with one attached hydrogen (secondary N) is 1. The molecule has 0 aliphatic heterocycles. The Labute approximate surface area is 106 Å². The normalized spacial score (nSPS) is 12.2. The third-order valence-corrected chi connectivity index (χ3v) is 2.70. The molecule has 1 aromatic rings. The smallest absolute Gasteiger partial charge is 0.271 e. The molecule has 0 bridgehead atoms. The van der Waals surface area contributed by atoms with Crippen molar-refractivity contribution in [2.75, 3.05) is 6.61 Å². The maximum Gasteiger partial charge on any atom is 0.271 e. The van der Waals surface area contributed by atoms with E-state index in [-0.39, 0.29) is 29.8 Å². The van der Waals surface area contributed by atoms with Crippen molar-refractivity contribution in [3.63, 3.8) is 0 Å². The molecule has 1 atom stereocenters. The molecule has 0 radical (unpaired) electrons. The van der Waals surface area contributed by atoms with E-state index in [9.17, 15) is 9.59 Å². The molecule has 0 saturated heterocycles. The molecule has 0 saturated carbocycles. The number of aryl methyl sites for hydroxylation is 1. The standard InChI is InChI=1S/C12H19N3O3/c1-3-9(7-8-16)13-12(18)10-5-6-11(17)15(4-2)14-10/h5-6,9,16H,3-4,7-8H2,1-2H3,(H,13,18). The molecule has 100 valence electrons. The average molecular weight is 253 g/mol. The van der Waals surface area contributed by atoms with Gasteiger partial charge in [-0.3, -0.25) is 9.59 Å². The Morgan fingerprint density at radius 3 is 2.78 bits per heavy atom. The second-order valence-electron chi connectivity index (χ2n) is 3.96. The van der Waals surface area contributed by atoms with Crippen molar-refractivity contribution in [2.24, 2.45) is 0 Å². The summed E-state index contributed by atoms with van der Waals surface area (Å²) in [5.74, 6) is -0.322. The van der Waals surface area contributed by atoms with E-state index in [0.717, 1.165) is 6.42 Å². The Morgan fingerprint density at radius 2 is 2.22 bits per heavy atom. The quantitative estimate of drug-likeness (QED) is 0.756. The maximum atomic E-state index is 11.9. The Kier molecular flexibility index (Phi) is 5.51. The zero-order chi connectivity index (χ0) is 13.5. The number of nitrogens with zero attached hydrogens (tertiary/aromatic N) is 2. The maximum absolute atomic E-state index is 11.9. The van der Waals surface area contributed by atoms with Gasteiger partial charge in [0.25, 0.3) is 11.5 Å². The third kappa shape index (κ3) is 3.66. The highest BCUT2D eigenvalue weighted by molar-refractivity contribution is 5.92. The minimum atomic E-state index is -0.322. The first-order valence-electron chi connectivity index (χ1n) is 6.12. The first kappa shape index (κ1) is 14.4. The Bertz CT molecular complexity index is 456. The van der Waals surface area contributed by atoms with Gasteiger partial charge in [-0.05, 0) is 25.8 Å². The first-order chi connectivity index (χ1) is 8.62. The molecule has 0 fully saturated rings. The number of carbonyl (C=O) groups excluding carboxylic acids is 1. The third-order valence-electron chi connectivity index (χ3n) is 2.70. The summed E-state index contributed by atoms with van der Waals surface area (Å²) in [4.78, 5) is 23.2. The highest BCUT2D eigenvalue weighted by Crippen LogP contribution is 1.99. The van der Waals surface area contributed by atoms with Gasteiger partial charge >= 0.3 is 0 Å². The monoisotopic (exact) mass is 253 g/mol. The number of hydrogen-bond acceptors (Lipinski definition) is 4. The van der Waals surface area contributed by atoms with Crippen molar-refractivity contribution in [1.29, 1.82) is 0 Å². The summed E-state index contributed by atoms with van der Waals surface area (Å²) in [5.41, 5.74) is -0.00992. The van der Waals surface area contributed by atoms with Crippen LogP contribution in [0.25, 0.3) is 0 Å². The van der Waals surface area contributed by atoms with Gasteiger partial charge in [-0.2, -0.15) is 5.10 Å². The van der Waals surface area contributed by atoms with E-state index in [1.807, 2.05) is 6.92 Å². The Balaban J connectivity index is 2.80. The Hall–Kier alpha value is -1.69. The number of amides is 1. The zero-order valence-electron chi connectivity index (χ0n) is 10.7. The predicted octanol–water partition coefficient (Wildman–Crippen LogP) is 0.154. The van der Waals surface area contributed by atoms with Crippen LogP contribution in [0.5, 0.6) is 0 Å². The molecule has 2 N–H and O–H groups in total. The molecule has 1 aromatic heterocycles. The minimum absolute atomic E-state index is 0.0284. The average Bonchev–Trinajstić information content (AvgIpc) is 2.38. The lowest BCUT2D eigenvalue weighted by molar-refractivity contribution is 0.0921. The lowest BCUT2D eigenvalue weighted by Gasteiger charge is -2.15. The van der Waals surface area contributed by atoms with Crippen molar-refractivity contribution >= 4 is 5.91 Å². The van der Waals surface area contributed by atoms with Crippen LogP contribution in [0, 0.1) is 0 Å². The molecular weight excluding hydrogens is 234 g/mol. The van der Waals surface area contributed by atoms with Gasteiger partial charge in [0.05, 0.1) is 0 Å². The fraction of sp³-hybridized carbons (Fsp3) is 0.583. The minimum Gasteiger partial charge on any atom is -0.396 e. The topological polar surface area (TPSA) is 84.2 Å². The molecule has 1 heterocycles. The largest absolute Gasteiger partial charge is 0.396 e. The molecule has 18 heavy (non-hydrogen) atoms. The van der Waals surface area contributed by atoms with E-state index < -0.39 is 0 Å². The van der Waals surface area contributed by atoms with Crippen molar-refractivity contribution < 1.29 is 9.90 Å². The molecule has 1 rings (SSSR count). The van der Waals surface area contributed by atoms with Gasteiger partial charge in [0, 0.05) is 25.3 Å².